The third-order valence-electron chi connectivity index (χ3n) is 4.75. The summed E-state index contributed by atoms with van der Waals surface area (Å²) in [5, 5.41) is 6.52. The summed E-state index contributed by atoms with van der Waals surface area (Å²) in [7, 11) is 1.69. The summed E-state index contributed by atoms with van der Waals surface area (Å²) in [6.07, 6.45) is 2.16. The van der Waals surface area contributed by atoms with Crippen molar-refractivity contribution in [2.45, 2.75) is 32.7 Å². The number of nitrogens with one attached hydrogen (secondary N) is 2. The first-order valence-corrected chi connectivity index (χ1v) is 10.0. The lowest BCUT2D eigenvalue weighted by atomic mass is 10.1. The molecule has 0 aliphatic heterocycles. The zero-order chi connectivity index (χ0) is 19.0. The van der Waals surface area contributed by atoms with E-state index in [1.54, 1.807) is 7.11 Å². The van der Waals surface area contributed by atoms with Crippen LogP contribution in [0.25, 0.3) is 16.2 Å². The van der Waals surface area contributed by atoms with Crippen LogP contribution >= 0.6 is 11.3 Å². The quantitative estimate of drug-likeness (QED) is 0.611. The summed E-state index contributed by atoms with van der Waals surface area (Å²) in [5.41, 5.74) is 4.08. The van der Waals surface area contributed by atoms with Crippen LogP contribution in [0.5, 0.6) is 0 Å². The molecular weight excluding hydrogens is 360 g/mol. The van der Waals surface area contributed by atoms with Crippen LogP contribution in [-0.4, -0.2) is 41.6 Å². The number of nitrogens with zero attached hydrogens (tertiary/aromatic N) is 2. The molecule has 2 heterocycles. The maximum atomic E-state index is 12.6. The second-order valence-corrected chi connectivity index (χ2v) is 7.95. The molecule has 142 valence electrons. The lowest BCUT2D eigenvalue weighted by molar-refractivity contribution is 0.0954. The van der Waals surface area contributed by atoms with Gasteiger partial charge in [0.25, 0.3) is 5.91 Å². The highest BCUT2D eigenvalue weighted by Crippen LogP contribution is 2.35. The minimum absolute atomic E-state index is 0.00484. The number of amides is 1. The minimum Gasteiger partial charge on any atom is -0.383 e. The van der Waals surface area contributed by atoms with E-state index in [1.807, 2.05) is 6.92 Å². The van der Waals surface area contributed by atoms with Crippen molar-refractivity contribution >= 4 is 28.0 Å². The number of anilines is 1. The van der Waals surface area contributed by atoms with Gasteiger partial charge in [0.1, 0.15) is 16.4 Å². The summed E-state index contributed by atoms with van der Waals surface area (Å²) in [5.74, 6) is 0.912. The fraction of sp³-hybridized carbons (Fsp3) is 0.400. The molecule has 27 heavy (non-hydrogen) atoms. The highest BCUT2D eigenvalue weighted by molar-refractivity contribution is 7.19. The van der Waals surface area contributed by atoms with Crippen LogP contribution in [0.2, 0.25) is 0 Å². The van der Waals surface area contributed by atoms with Crippen LogP contribution in [-0.2, 0) is 4.74 Å². The molecule has 1 saturated carbocycles. The Hall–Kier alpha value is -2.38. The zero-order valence-electron chi connectivity index (χ0n) is 15.8. The number of carbonyl (C=O) groups excluding carboxylic acids is 1. The highest BCUT2D eigenvalue weighted by atomic mass is 32.1. The molecule has 1 aliphatic carbocycles. The van der Waals surface area contributed by atoms with Gasteiger partial charge in [-0.1, -0.05) is 41.2 Å². The number of aromatic nitrogens is 2. The monoisotopic (exact) mass is 384 g/mol. The van der Waals surface area contributed by atoms with Gasteiger partial charge in [-0.25, -0.2) is 4.98 Å². The molecule has 0 spiro atoms. The lowest BCUT2D eigenvalue weighted by Crippen LogP contribution is -2.25. The van der Waals surface area contributed by atoms with Crippen molar-refractivity contribution in [1.29, 1.82) is 0 Å². The summed E-state index contributed by atoms with van der Waals surface area (Å²) >= 11 is 1.44. The minimum atomic E-state index is 0.00484. The molecule has 1 aromatic carbocycles. The van der Waals surface area contributed by atoms with Crippen molar-refractivity contribution in [3.8, 4) is 11.3 Å². The van der Waals surface area contributed by atoms with Gasteiger partial charge in [-0.3, -0.25) is 9.20 Å². The Morgan fingerprint density at radius 2 is 2.04 bits per heavy atom. The van der Waals surface area contributed by atoms with Crippen molar-refractivity contribution in [3.63, 3.8) is 0 Å². The molecule has 4 rings (SSSR count). The fourth-order valence-electron chi connectivity index (χ4n) is 3.08. The molecule has 1 amide bonds. The van der Waals surface area contributed by atoms with Crippen LogP contribution in [0.3, 0.4) is 0 Å². The summed E-state index contributed by atoms with van der Waals surface area (Å²) in [4.78, 5) is 19.0. The molecule has 0 saturated heterocycles. The smallest absolute Gasteiger partial charge is 0.263 e. The van der Waals surface area contributed by atoms with Crippen molar-refractivity contribution in [3.05, 3.63) is 40.4 Å². The normalized spacial score (nSPS) is 13.9. The van der Waals surface area contributed by atoms with E-state index in [9.17, 15) is 4.79 Å². The van der Waals surface area contributed by atoms with E-state index in [4.69, 9.17) is 9.72 Å². The Labute approximate surface area is 162 Å². The van der Waals surface area contributed by atoms with Crippen molar-refractivity contribution in [1.82, 2.24) is 14.7 Å². The molecular formula is C20H24N4O2S. The first-order valence-electron chi connectivity index (χ1n) is 9.21. The van der Waals surface area contributed by atoms with Crippen molar-refractivity contribution in [2.75, 3.05) is 25.6 Å². The number of aryl methyl sites for hydroxylation is 2. The van der Waals surface area contributed by atoms with E-state index in [0.29, 0.717) is 19.2 Å². The highest BCUT2D eigenvalue weighted by Gasteiger charge is 2.27. The van der Waals surface area contributed by atoms with Gasteiger partial charge in [-0.05, 0) is 26.7 Å². The number of benzene rings is 1. The van der Waals surface area contributed by atoms with Crippen LogP contribution in [0.1, 0.15) is 33.8 Å². The fourth-order valence-corrected chi connectivity index (χ4v) is 4.11. The third-order valence-corrected chi connectivity index (χ3v) is 5.89. The van der Waals surface area contributed by atoms with E-state index >= 15 is 0 Å². The van der Waals surface area contributed by atoms with Crippen LogP contribution in [0.4, 0.5) is 5.82 Å². The molecule has 0 atom stereocenters. The summed E-state index contributed by atoms with van der Waals surface area (Å²) in [6, 6.07) is 8.68. The van der Waals surface area contributed by atoms with Crippen LogP contribution in [0, 0.1) is 13.8 Å². The second-order valence-electron chi connectivity index (χ2n) is 6.98. The number of thiazole rings is 1. The molecule has 0 unspecified atom stereocenters. The predicted molar refractivity (Wildman–Crippen MR) is 109 cm³/mol. The van der Waals surface area contributed by atoms with Crippen LogP contribution < -0.4 is 10.6 Å². The first-order chi connectivity index (χ1) is 13.1. The third kappa shape index (κ3) is 3.57. The van der Waals surface area contributed by atoms with Gasteiger partial charge in [0, 0.05) is 31.0 Å². The standard InChI is InChI=1S/C20H24N4O2S/c1-12-4-6-14(7-5-12)16-18(21-10-11-26-3)24-13(2)17(27-20(24)23-16)19(25)22-15-8-9-15/h4-7,15,21H,8-11H2,1-3H3,(H,22,25). The zero-order valence-corrected chi connectivity index (χ0v) is 16.7. The Kier molecular flexibility index (Phi) is 4.88. The van der Waals surface area contributed by atoms with Crippen molar-refractivity contribution < 1.29 is 9.53 Å². The first kappa shape index (κ1) is 18.0. The number of hydrogen-bond acceptors (Lipinski definition) is 5. The molecule has 0 radical (unpaired) electrons. The second kappa shape index (κ2) is 7.32. The maximum absolute atomic E-state index is 12.6. The number of carbonyl (C=O) groups is 1. The number of methoxy groups -OCH3 is 1. The molecule has 3 aromatic rings. The number of fused-ring (bicyclic) bond motifs is 1. The molecule has 1 aliphatic rings. The molecule has 6 nitrogen and oxygen atoms in total. The van der Waals surface area contributed by atoms with Gasteiger partial charge < -0.3 is 15.4 Å². The average Bonchev–Trinajstić information content (AvgIpc) is 3.30. The van der Waals surface area contributed by atoms with E-state index in [2.05, 4.69) is 46.2 Å². The van der Waals surface area contributed by atoms with Gasteiger partial charge in [0.05, 0.1) is 6.61 Å². The van der Waals surface area contributed by atoms with Gasteiger partial charge in [0.15, 0.2) is 4.96 Å². The molecule has 0 bridgehead atoms. The topological polar surface area (TPSA) is 67.7 Å². The summed E-state index contributed by atoms with van der Waals surface area (Å²) < 4.78 is 7.24. The van der Waals surface area contributed by atoms with Gasteiger partial charge in [-0.2, -0.15) is 0 Å². The maximum Gasteiger partial charge on any atom is 0.263 e. The average molecular weight is 385 g/mol. The van der Waals surface area contributed by atoms with E-state index < -0.39 is 0 Å². The Bertz CT molecular complexity index is 970. The van der Waals surface area contributed by atoms with E-state index in [0.717, 1.165) is 45.4 Å². The Balaban J connectivity index is 1.76. The summed E-state index contributed by atoms with van der Waals surface area (Å²) in [6.45, 7) is 5.32. The lowest BCUT2D eigenvalue weighted by Gasteiger charge is -2.09. The Morgan fingerprint density at radius 1 is 1.30 bits per heavy atom. The van der Waals surface area contributed by atoms with Crippen molar-refractivity contribution in [2.24, 2.45) is 0 Å². The van der Waals surface area contributed by atoms with E-state index in [-0.39, 0.29) is 5.91 Å². The number of imidazole rings is 1. The molecule has 7 heteroatoms. The Morgan fingerprint density at radius 3 is 2.70 bits per heavy atom. The van der Waals surface area contributed by atoms with Gasteiger partial charge in [0.2, 0.25) is 0 Å². The number of ether oxygens (including phenoxy) is 1. The van der Waals surface area contributed by atoms with Crippen LogP contribution in [0.15, 0.2) is 24.3 Å². The molecule has 1 fully saturated rings. The molecule has 2 aromatic heterocycles. The van der Waals surface area contributed by atoms with E-state index in [1.165, 1.54) is 16.9 Å². The van der Waals surface area contributed by atoms with Gasteiger partial charge in [-0.15, -0.1) is 0 Å². The molecule has 2 N–H and O–H groups in total. The van der Waals surface area contributed by atoms with Gasteiger partial charge >= 0.3 is 0 Å². The SMILES string of the molecule is COCCNc1c(-c2ccc(C)cc2)nc2sc(C(=O)NC3CC3)c(C)n12. The number of rotatable bonds is 7. The largest absolute Gasteiger partial charge is 0.383 e. The number of hydrogen-bond donors (Lipinski definition) is 2. The predicted octanol–water partition coefficient (Wildman–Crippen LogP) is 3.63.